The number of hydrogen-bond donors (Lipinski definition) is 0. The van der Waals surface area contributed by atoms with Gasteiger partial charge in [-0.3, -0.25) is 4.57 Å². The fourth-order valence-electron chi connectivity index (χ4n) is 2.67. The van der Waals surface area contributed by atoms with Crippen molar-refractivity contribution in [2.45, 2.75) is 47.0 Å². The molecule has 0 fully saturated rings. The lowest BCUT2D eigenvalue weighted by Gasteiger charge is -2.10. The zero-order chi connectivity index (χ0) is 17.5. The molecule has 1 aromatic heterocycles. The van der Waals surface area contributed by atoms with Crippen LogP contribution in [0.2, 0.25) is 0 Å². The number of methoxy groups -OCH3 is 1. The van der Waals surface area contributed by atoms with Crippen molar-refractivity contribution in [3.63, 3.8) is 0 Å². The SMILES string of the molecule is CCC.CCCc1nc2cc(C)ccc2n1-c1cccc(OC)c1. The van der Waals surface area contributed by atoms with E-state index in [0.29, 0.717) is 0 Å². The second-order valence-corrected chi connectivity index (χ2v) is 6.01. The largest absolute Gasteiger partial charge is 0.497 e. The summed E-state index contributed by atoms with van der Waals surface area (Å²) < 4.78 is 7.59. The Kier molecular flexibility index (Phi) is 6.42. The van der Waals surface area contributed by atoms with Crippen molar-refractivity contribution >= 4 is 11.0 Å². The zero-order valence-electron chi connectivity index (χ0n) is 15.5. The van der Waals surface area contributed by atoms with E-state index in [1.54, 1.807) is 7.11 Å². The van der Waals surface area contributed by atoms with Gasteiger partial charge in [-0.25, -0.2) is 4.98 Å². The predicted octanol–water partition coefficient (Wildman–Crippen LogP) is 5.71. The minimum Gasteiger partial charge on any atom is -0.497 e. The molecule has 0 aliphatic heterocycles. The Labute approximate surface area is 145 Å². The van der Waals surface area contributed by atoms with E-state index in [1.807, 2.05) is 12.1 Å². The number of ether oxygens (including phenoxy) is 1. The molecule has 3 heteroatoms. The third-order valence-electron chi connectivity index (χ3n) is 3.66. The molecule has 3 aromatic rings. The second-order valence-electron chi connectivity index (χ2n) is 6.01. The Morgan fingerprint density at radius 2 is 1.79 bits per heavy atom. The van der Waals surface area contributed by atoms with Gasteiger partial charge in [0.2, 0.25) is 0 Å². The molecule has 0 aliphatic carbocycles. The minimum absolute atomic E-state index is 0.865. The number of hydrogen-bond acceptors (Lipinski definition) is 2. The summed E-state index contributed by atoms with van der Waals surface area (Å²) in [6.07, 6.45) is 3.29. The first-order valence-electron chi connectivity index (χ1n) is 8.76. The highest BCUT2D eigenvalue weighted by Gasteiger charge is 2.12. The first-order valence-corrected chi connectivity index (χ1v) is 8.76. The summed E-state index contributed by atoms with van der Waals surface area (Å²) in [6.45, 7) is 8.53. The highest BCUT2D eigenvalue weighted by molar-refractivity contribution is 5.79. The molecule has 24 heavy (non-hydrogen) atoms. The van der Waals surface area contributed by atoms with Crippen LogP contribution in [-0.4, -0.2) is 16.7 Å². The maximum atomic E-state index is 5.35. The molecule has 0 aliphatic rings. The molecule has 128 valence electrons. The van der Waals surface area contributed by atoms with E-state index in [9.17, 15) is 0 Å². The number of fused-ring (bicyclic) bond motifs is 1. The summed E-state index contributed by atoms with van der Waals surface area (Å²) in [7, 11) is 1.70. The standard InChI is InChI=1S/C18H20N2O.C3H8/c1-4-6-18-19-16-11-13(2)9-10-17(16)20(18)14-7-5-8-15(12-14)21-3;1-3-2/h5,7-12H,4,6H2,1-3H3;3H2,1-2H3. The van der Waals surface area contributed by atoms with Crippen LogP contribution >= 0.6 is 0 Å². The zero-order valence-corrected chi connectivity index (χ0v) is 15.5. The molecule has 0 amide bonds. The van der Waals surface area contributed by atoms with Gasteiger partial charge in [-0.15, -0.1) is 0 Å². The normalized spacial score (nSPS) is 10.4. The molecule has 0 bridgehead atoms. The van der Waals surface area contributed by atoms with E-state index in [-0.39, 0.29) is 0 Å². The van der Waals surface area contributed by atoms with Gasteiger partial charge in [-0.1, -0.05) is 39.3 Å². The van der Waals surface area contributed by atoms with Crippen LogP contribution in [0, 0.1) is 6.92 Å². The highest BCUT2D eigenvalue weighted by Crippen LogP contribution is 2.25. The van der Waals surface area contributed by atoms with E-state index >= 15 is 0 Å². The van der Waals surface area contributed by atoms with Crippen LogP contribution in [0.3, 0.4) is 0 Å². The summed E-state index contributed by atoms with van der Waals surface area (Å²) in [5, 5.41) is 0. The number of nitrogens with zero attached hydrogens (tertiary/aromatic N) is 2. The third kappa shape index (κ3) is 3.97. The van der Waals surface area contributed by atoms with E-state index in [4.69, 9.17) is 9.72 Å². The number of rotatable bonds is 4. The summed E-state index contributed by atoms with van der Waals surface area (Å²) in [6, 6.07) is 14.6. The molecular weight excluding hydrogens is 296 g/mol. The Morgan fingerprint density at radius 1 is 1.04 bits per heavy atom. The first kappa shape index (κ1) is 18.1. The Balaban J connectivity index is 0.000000647. The summed E-state index contributed by atoms with van der Waals surface area (Å²) in [5.74, 6) is 1.97. The molecule has 3 rings (SSSR count). The van der Waals surface area contributed by atoms with Crippen molar-refractivity contribution in [3.8, 4) is 11.4 Å². The molecule has 0 saturated carbocycles. The van der Waals surface area contributed by atoms with Crippen LogP contribution in [-0.2, 0) is 6.42 Å². The lowest BCUT2D eigenvalue weighted by Crippen LogP contribution is -2.01. The van der Waals surface area contributed by atoms with Gasteiger partial charge < -0.3 is 4.74 Å². The molecule has 0 atom stereocenters. The topological polar surface area (TPSA) is 27.1 Å². The van der Waals surface area contributed by atoms with Crippen LogP contribution in [0.4, 0.5) is 0 Å². The molecule has 2 aromatic carbocycles. The van der Waals surface area contributed by atoms with Crippen molar-refractivity contribution in [1.29, 1.82) is 0 Å². The van der Waals surface area contributed by atoms with Crippen molar-refractivity contribution in [3.05, 3.63) is 53.9 Å². The number of benzene rings is 2. The maximum Gasteiger partial charge on any atom is 0.120 e. The van der Waals surface area contributed by atoms with Gasteiger partial charge in [0.1, 0.15) is 11.6 Å². The lowest BCUT2D eigenvalue weighted by atomic mass is 10.2. The van der Waals surface area contributed by atoms with Crippen molar-refractivity contribution in [1.82, 2.24) is 9.55 Å². The van der Waals surface area contributed by atoms with Gasteiger partial charge in [0.15, 0.2) is 0 Å². The molecule has 0 spiro atoms. The third-order valence-corrected chi connectivity index (χ3v) is 3.66. The monoisotopic (exact) mass is 324 g/mol. The van der Waals surface area contributed by atoms with Crippen LogP contribution in [0.15, 0.2) is 42.5 Å². The summed E-state index contributed by atoms with van der Waals surface area (Å²) >= 11 is 0. The molecule has 0 saturated heterocycles. The van der Waals surface area contributed by atoms with Gasteiger partial charge in [0.25, 0.3) is 0 Å². The van der Waals surface area contributed by atoms with Gasteiger partial charge in [-0.05, 0) is 43.2 Å². The van der Waals surface area contributed by atoms with Crippen LogP contribution in [0.5, 0.6) is 5.75 Å². The molecule has 0 radical (unpaired) electrons. The Hall–Kier alpha value is -2.29. The average Bonchev–Trinajstić information content (AvgIpc) is 2.93. The van der Waals surface area contributed by atoms with E-state index in [1.165, 1.54) is 12.0 Å². The maximum absolute atomic E-state index is 5.35. The van der Waals surface area contributed by atoms with E-state index in [2.05, 4.69) is 62.6 Å². The van der Waals surface area contributed by atoms with E-state index in [0.717, 1.165) is 41.1 Å². The summed E-state index contributed by atoms with van der Waals surface area (Å²) in [5.41, 5.74) is 4.54. The van der Waals surface area contributed by atoms with Crippen molar-refractivity contribution < 1.29 is 4.74 Å². The molecule has 3 nitrogen and oxygen atoms in total. The van der Waals surface area contributed by atoms with E-state index < -0.39 is 0 Å². The van der Waals surface area contributed by atoms with Crippen molar-refractivity contribution in [2.24, 2.45) is 0 Å². The summed E-state index contributed by atoms with van der Waals surface area (Å²) in [4.78, 5) is 4.82. The average molecular weight is 324 g/mol. The number of aryl methyl sites for hydroxylation is 2. The Morgan fingerprint density at radius 3 is 2.46 bits per heavy atom. The highest BCUT2D eigenvalue weighted by atomic mass is 16.5. The fourth-order valence-corrected chi connectivity index (χ4v) is 2.67. The fraction of sp³-hybridized carbons (Fsp3) is 0.381. The molecule has 0 N–H and O–H groups in total. The molecule has 1 heterocycles. The predicted molar refractivity (Wildman–Crippen MR) is 102 cm³/mol. The quantitative estimate of drug-likeness (QED) is 0.614. The molecular formula is C21H28N2O. The first-order chi connectivity index (χ1) is 11.6. The van der Waals surface area contributed by atoms with Gasteiger partial charge in [0.05, 0.1) is 23.8 Å². The van der Waals surface area contributed by atoms with Crippen LogP contribution in [0.25, 0.3) is 16.7 Å². The van der Waals surface area contributed by atoms with Gasteiger partial charge in [-0.2, -0.15) is 0 Å². The van der Waals surface area contributed by atoms with Gasteiger partial charge >= 0.3 is 0 Å². The minimum atomic E-state index is 0.865. The van der Waals surface area contributed by atoms with Crippen LogP contribution in [0.1, 0.15) is 45.0 Å². The Bertz CT molecular complexity index is 790. The smallest absolute Gasteiger partial charge is 0.120 e. The number of imidazole rings is 1. The van der Waals surface area contributed by atoms with Crippen molar-refractivity contribution in [2.75, 3.05) is 7.11 Å². The number of aromatic nitrogens is 2. The molecule has 0 unspecified atom stereocenters. The second kappa shape index (κ2) is 8.53. The van der Waals surface area contributed by atoms with Gasteiger partial charge in [0, 0.05) is 12.5 Å². The lowest BCUT2D eigenvalue weighted by molar-refractivity contribution is 0.414. The van der Waals surface area contributed by atoms with Crippen LogP contribution < -0.4 is 4.74 Å².